The maximum Gasteiger partial charge on any atom is 0.178 e. The molecule has 1 aromatic carbocycles. The van der Waals surface area contributed by atoms with Gasteiger partial charge in [-0.1, -0.05) is 28.1 Å². The van der Waals surface area contributed by atoms with Gasteiger partial charge in [-0.05, 0) is 11.6 Å². The molecule has 0 amide bonds. The van der Waals surface area contributed by atoms with Gasteiger partial charge in [0.25, 0.3) is 0 Å². The third kappa shape index (κ3) is 1.62. The topological polar surface area (TPSA) is 51.2 Å². The summed E-state index contributed by atoms with van der Waals surface area (Å²) in [7, 11) is -3.25. The molecule has 74 valence electrons. The van der Waals surface area contributed by atoms with Gasteiger partial charge in [-0.2, -0.15) is 0 Å². The van der Waals surface area contributed by atoms with Crippen molar-refractivity contribution in [1.29, 1.82) is 0 Å². The highest BCUT2D eigenvalue weighted by Gasteiger charge is 2.28. The highest BCUT2D eigenvalue weighted by atomic mass is 79.9. The minimum atomic E-state index is -3.25. The van der Waals surface area contributed by atoms with E-state index in [-0.39, 0.29) is 17.3 Å². The molecular weight excluding hydrogens is 268 g/mol. The van der Waals surface area contributed by atoms with Crippen LogP contribution in [0.4, 0.5) is 0 Å². The van der Waals surface area contributed by atoms with Crippen LogP contribution in [0.3, 0.4) is 0 Å². The zero-order valence-corrected chi connectivity index (χ0v) is 9.56. The summed E-state index contributed by atoms with van der Waals surface area (Å²) in [4.78, 5) is 11.5. The van der Waals surface area contributed by atoms with Gasteiger partial charge in [-0.25, -0.2) is 8.42 Å². The summed E-state index contributed by atoms with van der Waals surface area (Å²) in [6.45, 7) is 0. The van der Waals surface area contributed by atoms with E-state index in [2.05, 4.69) is 15.9 Å². The number of carbonyl (C=O) groups is 1. The summed E-state index contributed by atoms with van der Waals surface area (Å²) in [5.74, 6) is -0.723. The van der Waals surface area contributed by atoms with Crippen molar-refractivity contribution in [3.05, 3.63) is 33.8 Å². The fourth-order valence-corrected chi connectivity index (χ4v) is 3.61. The second-order valence-electron chi connectivity index (χ2n) is 3.22. The van der Waals surface area contributed by atoms with Crippen LogP contribution in [0, 0.1) is 0 Å². The van der Waals surface area contributed by atoms with Crippen LogP contribution in [0.5, 0.6) is 0 Å². The Kier molecular flexibility index (Phi) is 2.23. The highest BCUT2D eigenvalue weighted by Crippen LogP contribution is 2.27. The number of ketones is 1. The van der Waals surface area contributed by atoms with E-state index in [1.165, 1.54) is 0 Å². The van der Waals surface area contributed by atoms with Gasteiger partial charge in [0.15, 0.2) is 15.6 Å². The van der Waals surface area contributed by atoms with Crippen LogP contribution in [-0.2, 0) is 15.6 Å². The first-order chi connectivity index (χ1) is 6.49. The molecular formula is C9H7BrO3S. The van der Waals surface area contributed by atoms with Crippen LogP contribution in [0.25, 0.3) is 0 Å². The molecule has 0 atom stereocenters. The number of hydrogen-bond acceptors (Lipinski definition) is 3. The van der Waals surface area contributed by atoms with Crippen molar-refractivity contribution in [2.24, 2.45) is 0 Å². The molecule has 14 heavy (non-hydrogen) atoms. The van der Waals surface area contributed by atoms with Crippen LogP contribution in [0.2, 0.25) is 0 Å². The number of benzene rings is 1. The minimum absolute atomic E-state index is 0.0461. The first kappa shape index (κ1) is 9.86. The van der Waals surface area contributed by atoms with E-state index in [1.807, 2.05) is 0 Å². The Morgan fingerprint density at radius 1 is 1.21 bits per heavy atom. The fourth-order valence-electron chi connectivity index (χ4n) is 1.52. The summed E-state index contributed by atoms with van der Waals surface area (Å²) >= 11 is 3.24. The van der Waals surface area contributed by atoms with Crippen molar-refractivity contribution in [1.82, 2.24) is 0 Å². The lowest BCUT2D eigenvalue weighted by Gasteiger charge is -2.16. The van der Waals surface area contributed by atoms with Gasteiger partial charge in [0, 0.05) is 10.0 Å². The number of rotatable bonds is 0. The molecule has 0 saturated heterocycles. The normalized spacial score (nSPS) is 19.1. The first-order valence-corrected chi connectivity index (χ1v) is 6.62. The quantitative estimate of drug-likeness (QED) is 0.722. The van der Waals surface area contributed by atoms with Crippen molar-refractivity contribution in [2.45, 2.75) is 5.75 Å². The Hall–Kier alpha value is -0.680. The molecule has 1 aromatic rings. The molecule has 0 spiro atoms. The van der Waals surface area contributed by atoms with Gasteiger partial charge in [0.05, 0.1) is 5.75 Å². The van der Waals surface area contributed by atoms with Crippen molar-refractivity contribution < 1.29 is 13.2 Å². The minimum Gasteiger partial charge on any atom is -0.293 e. The third-order valence-corrected chi connectivity index (χ3v) is 4.31. The Bertz CT molecular complexity index is 505. The number of fused-ring (bicyclic) bond motifs is 1. The molecule has 0 radical (unpaired) electrons. The number of carbonyl (C=O) groups excluding carboxylic acids is 1. The van der Waals surface area contributed by atoms with E-state index in [4.69, 9.17) is 0 Å². The second-order valence-corrected chi connectivity index (χ2v) is 6.14. The Labute approximate surface area is 90.2 Å². The lowest BCUT2D eigenvalue weighted by atomic mass is 10.1. The number of hydrogen-bond donors (Lipinski definition) is 0. The molecule has 1 heterocycles. The Morgan fingerprint density at radius 2 is 1.93 bits per heavy atom. The van der Waals surface area contributed by atoms with Gasteiger partial charge < -0.3 is 0 Å². The van der Waals surface area contributed by atoms with Crippen molar-refractivity contribution >= 4 is 31.6 Å². The molecule has 0 unspecified atom stereocenters. The van der Waals surface area contributed by atoms with E-state index < -0.39 is 9.84 Å². The first-order valence-electron chi connectivity index (χ1n) is 4.00. The van der Waals surface area contributed by atoms with Gasteiger partial charge in [0.2, 0.25) is 0 Å². The molecule has 0 aromatic heterocycles. The number of sulfone groups is 1. The van der Waals surface area contributed by atoms with E-state index >= 15 is 0 Å². The highest BCUT2D eigenvalue weighted by molar-refractivity contribution is 9.10. The van der Waals surface area contributed by atoms with E-state index in [9.17, 15) is 13.2 Å². The average Bonchev–Trinajstić information content (AvgIpc) is 2.05. The SMILES string of the molecule is O=C1CS(=O)(=O)Cc2c(Br)cccc21. The van der Waals surface area contributed by atoms with Gasteiger partial charge >= 0.3 is 0 Å². The summed E-state index contributed by atoms with van der Waals surface area (Å²) < 4.78 is 23.4. The lowest BCUT2D eigenvalue weighted by molar-refractivity contribution is 0.101. The van der Waals surface area contributed by atoms with Crippen LogP contribution in [0.15, 0.2) is 22.7 Å². The maximum absolute atomic E-state index is 11.5. The molecule has 2 rings (SSSR count). The molecule has 5 heteroatoms. The van der Waals surface area contributed by atoms with Gasteiger partial charge in [0.1, 0.15) is 5.75 Å². The van der Waals surface area contributed by atoms with Crippen molar-refractivity contribution in [3.8, 4) is 0 Å². The summed E-state index contributed by atoms with van der Waals surface area (Å²) in [5.41, 5.74) is 1.11. The van der Waals surface area contributed by atoms with Gasteiger partial charge in [-0.15, -0.1) is 0 Å². The second kappa shape index (κ2) is 3.17. The third-order valence-electron chi connectivity index (χ3n) is 2.13. The lowest BCUT2D eigenvalue weighted by Crippen LogP contribution is -2.25. The van der Waals surface area contributed by atoms with Crippen LogP contribution in [-0.4, -0.2) is 20.0 Å². The van der Waals surface area contributed by atoms with Crippen LogP contribution >= 0.6 is 15.9 Å². The Morgan fingerprint density at radius 3 is 2.64 bits per heavy atom. The monoisotopic (exact) mass is 274 g/mol. The molecule has 0 aliphatic carbocycles. The van der Waals surface area contributed by atoms with Crippen molar-refractivity contribution in [3.63, 3.8) is 0 Å². The molecule has 0 N–H and O–H groups in total. The predicted molar refractivity (Wildman–Crippen MR) is 56.0 cm³/mol. The Balaban J connectivity index is 2.68. The standard InChI is InChI=1S/C9H7BrO3S/c10-8-3-1-2-6-7(8)4-14(12,13)5-9(6)11/h1-3H,4-5H2. The maximum atomic E-state index is 11.5. The summed E-state index contributed by atoms with van der Waals surface area (Å²) in [6, 6.07) is 5.14. The summed E-state index contributed by atoms with van der Waals surface area (Å²) in [6.07, 6.45) is 0. The van der Waals surface area contributed by atoms with Crippen molar-refractivity contribution in [2.75, 3.05) is 5.75 Å². The smallest absolute Gasteiger partial charge is 0.178 e. The van der Waals surface area contributed by atoms with Gasteiger partial charge in [-0.3, -0.25) is 4.79 Å². The van der Waals surface area contributed by atoms with E-state index in [0.717, 1.165) is 0 Å². The molecule has 0 saturated carbocycles. The summed E-state index contributed by atoms with van der Waals surface area (Å²) in [5, 5.41) is 0. The average molecular weight is 275 g/mol. The fraction of sp³-hybridized carbons (Fsp3) is 0.222. The van der Waals surface area contributed by atoms with E-state index in [1.54, 1.807) is 18.2 Å². The number of halogens is 1. The zero-order valence-electron chi connectivity index (χ0n) is 7.16. The molecule has 0 fully saturated rings. The largest absolute Gasteiger partial charge is 0.293 e. The zero-order chi connectivity index (χ0) is 10.3. The predicted octanol–water partition coefficient (Wildman–Crippen LogP) is 1.56. The molecule has 0 bridgehead atoms. The van der Waals surface area contributed by atoms with E-state index in [0.29, 0.717) is 15.6 Å². The van der Waals surface area contributed by atoms with Crippen LogP contribution in [0.1, 0.15) is 15.9 Å². The molecule has 3 nitrogen and oxygen atoms in total. The molecule has 1 aliphatic rings. The van der Waals surface area contributed by atoms with Crippen LogP contribution < -0.4 is 0 Å². The number of Topliss-reactive ketones (excluding diaryl/α,β-unsaturated/α-hetero) is 1. The molecule has 1 aliphatic heterocycles.